The van der Waals surface area contributed by atoms with Gasteiger partial charge in [-0.1, -0.05) is 0 Å². The van der Waals surface area contributed by atoms with Crippen LogP contribution in [0.1, 0.15) is 32.6 Å². The summed E-state index contributed by atoms with van der Waals surface area (Å²) < 4.78 is 0. The van der Waals surface area contributed by atoms with E-state index in [-0.39, 0.29) is 17.2 Å². The molecule has 0 spiro atoms. The zero-order valence-corrected chi connectivity index (χ0v) is 9.70. The largest absolute Gasteiger partial charge is 0.356 e. The van der Waals surface area contributed by atoms with Gasteiger partial charge in [0.05, 0.1) is 11.5 Å². The van der Waals surface area contributed by atoms with E-state index in [1.807, 2.05) is 0 Å². The van der Waals surface area contributed by atoms with Crippen LogP contribution in [0.5, 0.6) is 0 Å². The van der Waals surface area contributed by atoms with E-state index in [9.17, 15) is 10.1 Å². The topological polar surface area (TPSA) is 52.9 Å². The van der Waals surface area contributed by atoms with Gasteiger partial charge in [-0.05, 0) is 50.4 Å². The number of carbonyl (C=O) groups is 1. The van der Waals surface area contributed by atoms with Crippen molar-refractivity contribution in [2.45, 2.75) is 32.6 Å². The van der Waals surface area contributed by atoms with E-state index in [0.717, 1.165) is 25.8 Å². The minimum Gasteiger partial charge on any atom is -0.356 e. The van der Waals surface area contributed by atoms with Crippen LogP contribution >= 0.6 is 0 Å². The van der Waals surface area contributed by atoms with Gasteiger partial charge in [0.25, 0.3) is 0 Å². The Bertz CT molecular complexity index is 373. The first-order chi connectivity index (χ1) is 7.64. The molecule has 4 rings (SSSR count). The van der Waals surface area contributed by atoms with Gasteiger partial charge >= 0.3 is 0 Å². The second-order valence-corrected chi connectivity index (χ2v) is 6.02. The fraction of sp³-hybridized carbons (Fsp3) is 0.846. The molecule has 2 bridgehead atoms. The van der Waals surface area contributed by atoms with Gasteiger partial charge in [-0.15, -0.1) is 0 Å². The number of carbonyl (C=O) groups excluding carboxylic acids is 1. The van der Waals surface area contributed by atoms with E-state index in [4.69, 9.17) is 0 Å². The van der Waals surface area contributed by atoms with E-state index >= 15 is 0 Å². The first-order valence-electron chi connectivity index (χ1n) is 6.33. The molecule has 0 aromatic carbocycles. The van der Waals surface area contributed by atoms with Crippen molar-refractivity contribution in [3.8, 4) is 6.07 Å². The van der Waals surface area contributed by atoms with E-state index in [1.165, 1.54) is 6.42 Å². The summed E-state index contributed by atoms with van der Waals surface area (Å²) in [5, 5.41) is 12.4. The molecule has 5 atom stereocenters. The van der Waals surface area contributed by atoms with Gasteiger partial charge in [-0.2, -0.15) is 5.26 Å². The molecule has 3 aliphatic carbocycles. The third kappa shape index (κ3) is 1.22. The van der Waals surface area contributed by atoms with Crippen molar-refractivity contribution in [2.75, 3.05) is 6.54 Å². The van der Waals surface area contributed by atoms with Crippen molar-refractivity contribution in [3.05, 3.63) is 0 Å². The Morgan fingerprint density at radius 3 is 3.06 bits per heavy atom. The molecule has 1 amide bonds. The maximum Gasteiger partial charge on any atom is 0.223 e. The van der Waals surface area contributed by atoms with E-state index in [1.54, 1.807) is 0 Å². The van der Waals surface area contributed by atoms with Crippen LogP contribution < -0.4 is 5.32 Å². The lowest BCUT2D eigenvalue weighted by atomic mass is 9.65. The summed E-state index contributed by atoms with van der Waals surface area (Å²) in [7, 11) is 0. The van der Waals surface area contributed by atoms with Crippen LogP contribution in [-0.2, 0) is 4.79 Å². The average molecular weight is 218 g/mol. The summed E-state index contributed by atoms with van der Waals surface area (Å²) in [6, 6.07) is 2.52. The molecule has 5 unspecified atom stereocenters. The SMILES string of the molecule is CC1(C#N)CC2CCC1CC1C(=O)NCC21. The van der Waals surface area contributed by atoms with Crippen LogP contribution in [0.25, 0.3) is 0 Å². The molecule has 3 heteroatoms. The summed E-state index contributed by atoms with van der Waals surface area (Å²) in [4.78, 5) is 11.8. The Morgan fingerprint density at radius 1 is 1.50 bits per heavy atom. The first kappa shape index (κ1) is 10.1. The summed E-state index contributed by atoms with van der Waals surface area (Å²) in [5.74, 6) is 1.98. The van der Waals surface area contributed by atoms with Gasteiger partial charge in [-0.25, -0.2) is 0 Å². The molecule has 1 saturated heterocycles. The van der Waals surface area contributed by atoms with Gasteiger partial charge < -0.3 is 5.32 Å². The third-order valence-electron chi connectivity index (χ3n) is 5.24. The normalized spacial score (nSPS) is 50.4. The molecule has 16 heavy (non-hydrogen) atoms. The number of amides is 1. The Morgan fingerprint density at radius 2 is 2.31 bits per heavy atom. The Labute approximate surface area is 96.2 Å². The summed E-state index contributed by atoms with van der Waals surface area (Å²) in [6.45, 7) is 2.95. The molecular formula is C13H18N2O. The molecule has 1 aliphatic heterocycles. The summed E-state index contributed by atoms with van der Waals surface area (Å²) in [5.41, 5.74) is -0.173. The van der Waals surface area contributed by atoms with Gasteiger partial charge in [-0.3, -0.25) is 4.79 Å². The molecule has 3 nitrogen and oxygen atoms in total. The maximum absolute atomic E-state index is 11.8. The fourth-order valence-electron chi connectivity index (χ4n) is 4.20. The number of fused-ring (bicyclic) bond motifs is 2. The van der Waals surface area contributed by atoms with Crippen LogP contribution in [0.15, 0.2) is 0 Å². The van der Waals surface area contributed by atoms with Crippen LogP contribution in [0.3, 0.4) is 0 Å². The number of hydrogen-bond donors (Lipinski definition) is 1. The minimum atomic E-state index is -0.173. The predicted octanol–water partition coefficient (Wildman–Crippen LogP) is 1.70. The number of hydrogen-bond acceptors (Lipinski definition) is 2. The third-order valence-corrected chi connectivity index (χ3v) is 5.24. The molecule has 0 aromatic heterocycles. The van der Waals surface area contributed by atoms with Crippen molar-refractivity contribution >= 4 is 5.91 Å². The molecule has 3 saturated carbocycles. The van der Waals surface area contributed by atoms with Crippen LogP contribution in [0.4, 0.5) is 0 Å². The molecule has 0 radical (unpaired) electrons. The van der Waals surface area contributed by atoms with Gasteiger partial charge in [0.2, 0.25) is 5.91 Å². The Kier molecular flexibility index (Phi) is 2.04. The van der Waals surface area contributed by atoms with Gasteiger partial charge in [0.1, 0.15) is 0 Å². The van der Waals surface area contributed by atoms with E-state index in [0.29, 0.717) is 17.8 Å². The Balaban J connectivity index is 1.96. The smallest absolute Gasteiger partial charge is 0.223 e. The van der Waals surface area contributed by atoms with Crippen molar-refractivity contribution in [1.82, 2.24) is 5.32 Å². The first-order valence-corrected chi connectivity index (χ1v) is 6.33. The zero-order chi connectivity index (χ0) is 11.3. The molecule has 1 N–H and O–H groups in total. The standard InChI is InChI=1S/C13H18N2O/c1-13(7-14)5-8-2-3-9(13)4-10-11(8)6-15-12(10)16/h8-11H,2-6H2,1H3,(H,15,16). The fourth-order valence-corrected chi connectivity index (χ4v) is 4.20. The average Bonchev–Trinajstić information content (AvgIpc) is 2.48. The van der Waals surface area contributed by atoms with Crippen molar-refractivity contribution < 1.29 is 4.79 Å². The highest BCUT2D eigenvalue weighted by Crippen LogP contribution is 2.54. The molecule has 0 aromatic rings. The van der Waals surface area contributed by atoms with Crippen LogP contribution in [0, 0.1) is 40.4 Å². The number of nitriles is 1. The molecule has 4 fully saturated rings. The zero-order valence-electron chi connectivity index (χ0n) is 9.70. The second-order valence-electron chi connectivity index (χ2n) is 6.02. The molecular weight excluding hydrogens is 200 g/mol. The lowest BCUT2D eigenvalue weighted by Crippen LogP contribution is -2.33. The summed E-state index contributed by atoms with van der Waals surface area (Å²) in [6.07, 6.45) is 4.31. The van der Waals surface area contributed by atoms with E-state index in [2.05, 4.69) is 18.3 Å². The van der Waals surface area contributed by atoms with Crippen LogP contribution in [-0.4, -0.2) is 12.5 Å². The van der Waals surface area contributed by atoms with Gasteiger partial charge in [0.15, 0.2) is 0 Å². The highest BCUT2D eigenvalue weighted by Gasteiger charge is 2.52. The molecule has 86 valence electrons. The number of nitrogens with zero attached hydrogens (tertiary/aromatic N) is 1. The quantitative estimate of drug-likeness (QED) is 0.672. The lowest BCUT2D eigenvalue weighted by Gasteiger charge is -2.38. The van der Waals surface area contributed by atoms with Crippen molar-refractivity contribution in [3.63, 3.8) is 0 Å². The molecule has 1 heterocycles. The second kappa shape index (κ2) is 3.23. The highest BCUT2D eigenvalue weighted by molar-refractivity contribution is 5.81. The van der Waals surface area contributed by atoms with Crippen molar-refractivity contribution in [2.24, 2.45) is 29.1 Å². The lowest BCUT2D eigenvalue weighted by molar-refractivity contribution is -0.123. The molecule has 4 aliphatic rings. The van der Waals surface area contributed by atoms with Crippen LogP contribution in [0.2, 0.25) is 0 Å². The van der Waals surface area contributed by atoms with Crippen molar-refractivity contribution in [1.29, 1.82) is 5.26 Å². The summed E-state index contributed by atoms with van der Waals surface area (Å²) >= 11 is 0. The predicted molar refractivity (Wildman–Crippen MR) is 59.2 cm³/mol. The maximum atomic E-state index is 11.8. The van der Waals surface area contributed by atoms with Gasteiger partial charge in [0, 0.05) is 12.5 Å². The Hall–Kier alpha value is -1.04. The highest BCUT2D eigenvalue weighted by atomic mass is 16.2. The monoisotopic (exact) mass is 218 g/mol. The number of nitrogens with one attached hydrogen (secondary N) is 1. The number of rotatable bonds is 0. The minimum absolute atomic E-state index is 0.173. The van der Waals surface area contributed by atoms with E-state index < -0.39 is 0 Å².